The summed E-state index contributed by atoms with van der Waals surface area (Å²) in [6.07, 6.45) is 8.89. The van der Waals surface area contributed by atoms with E-state index in [1.165, 1.54) is 5.56 Å². The van der Waals surface area contributed by atoms with Crippen LogP contribution in [0.3, 0.4) is 0 Å². The maximum atomic E-state index is 5.48. The second-order valence-electron chi connectivity index (χ2n) is 4.82. The molecule has 0 unspecified atom stereocenters. The Kier molecular flexibility index (Phi) is 6.55. The van der Waals surface area contributed by atoms with E-state index < -0.39 is 0 Å². The number of hydrogen-bond acceptors (Lipinski definition) is 5. The highest BCUT2D eigenvalue weighted by Crippen LogP contribution is 2.23. The largest absolute Gasteiger partial charge is 0.454 e. The van der Waals surface area contributed by atoms with Crippen molar-refractivity contribution in [3.8, 4) is 0 Å². The highest BCUT2D eigenvalue weighted by atomic mass is 32.2. The summed E-state index contributed by atoms with van der Waals surface area (Å²) in [6.45, 7) is 7.71. The van der Waals surface area contributed by atoms with Crippen LogP contribution >= 0.6 is 11.8 Å². The van der Waals surface area contributed by atoms with Gasteiger partial charge in [0.25, 0.3) is 0 Å². The van der Waals surface area contributed by atoms with Gasteiger partial charge in [0.2, 0.25) is 6.79 Å². The van der Waals surface area contributed by atoms with Gasteiger partial charge in [-0.3, -0.25) is 0 Å². The molecule has 118 valence electrons. The van der Waals surface area contributed by atoms with Crippen LogP contribution in [-0.4, -0.2) is 31.1 Å². The molecule has 0 aromatic carbocycles. The summed E-state index contributed by atoms with van der Waals surface area (Å²) >= 11 is 1.66. The molecule has 1 aromatic rings. The Morgan fingerprint density at radius 2 is 2.36 bits per heavy atom. The van der Waals surface area contributed by atoms with E-state index in [9.17, 15) is 0 Å². The number of rotatable bonds is 7. The van der Waals surface area contributed by atoms with Gasteiger partial charge < -0.3 is 14.8 Å². The fourth-order valence-electron chi connectivity index (χ4n) is 2.17. The van der Waals surface area contributed by atoms with Crippen molar-refractivity contribution >= 4 is 11.8 Å². The fraction of sp³-hybridized carbons (Fsp3) is 0.353. The molecule has 0 spiro atoms. The van der Waals surface area contributed by atoms with Crippen LogP contribution in [0.4, 0.5) is 0 Å². The molecule has 1 saturated heterocycles. The number of ether oxygens (including phenoxy) is 2. The molecule has 0 atom stereocenters. The number of thioether (sulfide) groups is 1. The normalized spacial score (nSPS) is 16.7. The lowest BCUT2D eigenvalue weighted by molar-refractivity contribution is 0.0974. The van der Waals surface area contributed by atoms with Crippen LogP contribution in [0, 0.1) is 0 Å². The Labute approximate surface area is 136 Å². The molecule has 2 heterocycles. The van der Waals surface area contributed by atoms with Crippen LogP contribution in [0.2, 0.25) is 0 Å². The monoisotopic (exact) mass is 318 g/mol. The van der Waals surface area contributed by atoms with Gasteiger partial charge in [0.05, 0.1) is 5.03 Å². The summed E-state index contributed by atoms with van der Waals surface area (Å²) < 4.78 is 10.7. The van der Waals surface area contributed by atoms with Gasteiger partial charge in [0, 0.05) is 18.3 Å². The highest BCUT2D eigenvalue weighted by Gasteiger charge is 2.17. The van der Waals surface area contributed by atoms with Crippen molar-refractivity contribution < 1.29 is 9.47 Å². The molecule has 1 aliphatic heterocycles. The van der Waals surface area contributed by atoms with Gasteiger partial charge in [0.15, 0.2) is 11.5 Å². The van der Waals surface area contributed by atoms with Crippen LogP contribution in [0.1, 0.15) is 12.5 Å². The molecule has 0 aliphatic carbocycles. The Balaban J connectivity index is 1.87. The van der Waals surface area contributed by atoms with E-state index in [1.807, 2.05) is 31.5 Å². The average Bonchev–Trinajstić information content (AvgIpc) is 2.96. The van der Waals surface area contributed by atoms with Gasteiger partial charge in [-0.05, 0) is 43.8 Å². The molecule has 1 aliphatic rings. The highest BCUT2D eigenvalue weighted by molar-refractivity contribution is 7.98. The zero-order valence-corrected chi connectivity index (χ0v) is 13.9. The Morgan fingerprint density at radius 1 is 1.50 bits per heavy atom. The van der Waals surface area contributed by atoms with E-state index in [-0.39, 0.29) is 6.79 Å². The van der Waals surface area contributed by atoms with Crippen molar-refractivity contribution in [3.63, 3.8) is 0 Å². The number of aromatic nitrogens is 1. The molecule has 0 radical (unpaired) electrons. The first-order valence-electron chi connectivity index (χ1n) is 7.25. The average molecular weight is 318 g/mol. The minimum Gasteiger partial charge on any atom is -0.454 e. The molecule has 1 aromatic heterocycles. The van der Waals surface area contributed by atoms with Crippen molar-refractivity contribution in [1.29, 1.82) is 0 Å². The zero-order chi connectivity index (χ0) is 15.8. The van der Waals surface area contributed by atoms with Gasteiger partial charge in [-0.2, -0.15) is 0 Å². The molecule has 0 amide bonds. The lowest BCUT2D eigenvalue weighted by Crippen LogP contribution is -2.20. The summed E-state index contributed by atoms with van der Waals surface area (Å²) in [7, 11) is 0. The number of allylic oxidation sites excluding steroid dienone is 1. The van der Waals surface area contributed by atoms with E-state index in [0.29, 0.717) is 5.76 Å². The smallest absolute Gasteiger partial charge is 0.231 e. The topological polar surface area (TPSA) is 43.4 Å². The van der Waals surface area contributed by atoms with Crippen LogP contribution in [0.5, 0.6) is 0 Å². The molecule has 5 heteroatoms. The van der Waals surface area contributed by atoms with Gasteiger partial charge in [-0.25, -0.2) is 4.98 Å². The lowest BCUT2D eigenvalue weighted by atomic mass is 10.1. The first-order chi connectivity index (χ1) is 10.7. The number of hydrogen-bond donors (Lipinski definition) is 1. The van der Waals surface area contributed by atoms with E-state index in [0.717, 1.165) is 35.9 Å². The Bertz CT molecular complexity index is 582. The molecular formula is C17H22N2O2S. The number of pyridine rings is 1. The summed E-state index contributed by atoms with van der Waals surface area (Å²) in [4.78, 5) is 4.29. The predicted molar refractivity (Wildman–Crippen MR) is 90.6 cm³/mol. The van der Waals surface area contributed by atoms with E-state index in [1.54, 1.807) is 11.8 Å². The maximum Gasteiger partial charge on any atom is 0.231 e. The maximum absolute atomic E-state index is 5.48. The molecule has 1 fully saturated rings. The second-order valence-corrected chi connectivity index (χ2v) is 5.64. The molecule has 1 N–H and O–H groups in total. The lowest BCUT2D eigenvalue weighted by Gasteiger charge is -2.08. The third-order valence-corrected chi connectivity index (χ3v) is 3.91. The van der Waals surface area contributed by atoms with Crippen molar-refractivity contribution in [2.45, 2.75) is 18.4 Å². The van der Waals surface area contributed by atoms with Crippen molar-refractivity contribution in [3.05, 3.63) is 59.7 Å². The van der Waals surface area contributed by atoms with Crippen LogP contribution in [-0.2, 0) is 15.9 Å². The standard InChI is InChI=1S/C17H22N2O2S/c1-4-5-15(17-13(2)20-12-21-17)11-18-8-6-14-7-9-19-16(10-14)22-3/h4-5,7,9-10,18H,2,6,8,11-12H2,1,3H3/b5-4-,17-15-. The predicted octanol–water partition coefficient (Wildman–Crippen LogP) is 3.28. The summed E-state index contributed by atoms with van der Waals surface area (Å²) in [6, 6.07) is 4.19. The van der Waals surface area contributed by atoms with E-state index >= 15 is 0 Å². The molecular weight excluding hydrogens is 296 g/mol. The van der Waals surface area contributed by atoms with Crippen molar-refractivity contribution in [1.82, 2.24) is 10.3 Å². The molecule has 0 bridgehead atoms. The third kappa shape index (κ3) is 4.64. The molecule has 4 nitrogen and oxygen atoms in total. The quantitative estimate of drug-likeness (QED) is 0.617. The first kappa shape index (κ1) is 16.6. The van der Waals surface area contributed by atoms with Crippen molar-refractivity contribution in [2.75, 3.05) is 26.1 Å². The minimum absolute atomic E-state index is 0.254. The van der Waals surface area contributed by atoms with Gasteiger partial charge in [-0.15, -0.1) is 11.8 Å². The molecule has 0 saturated carbocycles. The van der Waals surface area contributed by atoms with E-state index in [4.69, 9.17) is 9.47 Å². The molecule has 2 rings (SSSR count). The Morgan fingerprint density at radius 3 is 3.05 bits per heavy atom. The number of nitrogens with zero attached hydrogens (tertiary/aromatic N) is 1. The minimum atomic E-state index is 0.254. The van der Waals surface area contributed by atoms with Gasteiger partial charge in [-0.1, -0.05) is 18.7 Å². The third-order valence-electron chi connectivity index (χ3n) is 3.26. The van der Waals surface area contributed by atoms with Crippen LogP contribution in [0.25, 0.3) is 0 Å². The second kappa shape index (κ2) is 8.66. The van der Waals surface area contributed by atoms with Crippen LogP contribution < -0.4 is 5.32 Å². The van der Waals surface area contributed by atoms with Gasteiger partial charge >= 0.3 is 0 Å². The summed E-state index contributed by atoms with van der Waals surface area (Å²) in [5.41, 5.74) is 2.35. The SMILES string of the molecule is C=C1OCO/C1=C(/C=C\C)CNCCc1ccnc(SC)c1. The molecule has 22 heavy (non-hydrogen) atoms. The Hall–Kier alpha value is -1.72. The first-order valence-corrected chi connectivity index (χ1v) is 8.47. The summed E-state index contributed by atoms with van der Waals surface area (Å²) in [5, 5.41) is 4.50. The van der Waals surface area contributed by atoms with Crippen molar-refractivity contribution in [2.24, 2.45) is 0 Å². The summed E-state index contributed by atoms with van der Waals surface area (Å²) in [5.74, 6) is 1.35. The zero-order valence-electron chi connectivity index (χ0n) is 13.1. The van der Waals surface area contributed by atoms with E-state index in [2.05, 4.69) is 29.0 Å². The number of nitrogens with one attached hydrogen (secondary N) is 1. The van der Waals surface area contributed by atoms with Gasteiger partial charge in [0.1, 0.15) is 0 Å². The van der Waals surface area contributed by atoms with Crippen LogP contribution in [0.15, 0.2) is 59.2 Å². The fourth-order valence-corrected chi connectivity index (χ4v) is 2.60.